The number of hydrogen-bond donors (Lipinski definition) is 2. The molecule has 1 aromatic rings. The summed E-state index contributed by atoms with van der Waals surface area (Å²) in [5.74, 6) is 0.593. The molecule has 0 spiro atoms. The maximum atomic E-state index is 9.34. The zero-order valence-corrected chi connectivity index (χ0v) is 11.2. The summed E-state index contributed by atoms with van der Waals surface area (Å²) in [5.41, 5.74) is 7.12. The van der Waals surface area contributed by atoms with Crippen molar-refractivity contribution in [3.8, 4) is 0 Å². The summed E-state index contributed by atoms with van der Waals surface area (Å²) in [6.45, 7) is 2.99. The standard InChI is InChI=1S/C14H23N3O/c1-10(15)14(13-5-3-4-6-16-13)17(2)9-11-7-12(18)8-11/h3-6,10-12,14,18H,7-9,15H2,1-2H3. The molecule has 0 aliphatic heterocycles. The lowest BCUT2D eigenvalue weighted by atomic mass is 9.82. The molecule has 4 nitrogen and oxygen atoms in total. The molecule has 0 saturated heterocycles. The summed E-state index contributed by atoms with van der Waals surface area (Å²) in [4.78, 5) is 6.68. The lowest BCUT2D eigenvalue weighted by Crippen LogP contribution is -2.43. The molecule has 1 aliphatic rings. The fourth-order valence-corrected chi connectivity index (χ4v) is 2.82. The summed E-state index contributed by atoms with van der Waals surface area (Å²) in [7, 11) is 2.09. The SMILES string of the molecule is CC(N)C(c1ccccn1)N(C)CC1CC(O)C1. The zero-order chi connectivity index (χ0) is 13.1. The number of hydrogen-bond acceptors (Lipinski definition) is 4. The summed E-state index contributed by atoms with van der Waals surface area (Å²) in [6, 6.07) is 6.13. The fourth-order valence-electron chi connectivity index (χ4n) is 2.82. The number of aromatic nitrogens is 1. The third-order valence-corrected chi connectivity index (χ3v) is 3.72. The third kappa shape index (κ3) is 3.07. The van der Waals surface area contributed by atoms with E-state index in [1.54, 1.807) is 0 Å². The molecule has 0 amide bonds. The first kappa shape index (κ1) is 13.5. The Morgan fingerprint density at radius 3 is 2.72 bits per heavy atom. The highest BCUT2D eigenvalue weighted by molar-refractivity contribution is 5.11. The lowest BCUT2D eigenvalue weighted by Gasteiger charge is -2.38. The average Bonchev–Trinajstić information content (AvgIpc) is 2.28. The Balaban J connectivity index is 2.01. The molecular weight excluding hydrogens is 226 g/mol. The van der Waals surface area contributed by atoms with Crippen LogP contribution in [-0.4, -0.2) is 40.7 Å². The van der Waals surface area contributed by atoms with Gasteiger partial charge in [0.05, 0.1) is 17.8 Å². The minimum Gasteiger partial charge on any atom is -0.393 e. The number of likely N-dealkylation sites (N-methyl/N-ethyl adjacent to an activating group) is 1. The highest BCUT2D eigenvalue weighted by Gasteiger charge is 2.31. The predicted molar refractivity (Wildman–Crippen MR) is 72.0 cm³/mol. The molecule has 2 unspecified atom stereocenters. The van der Waals surface area contributed by atoms with E-state index in [4.69, 9.17) is 5.73 Å². The van der Waals surface area contributed by atoms with Crippen molar-refractivity contribution in [3.63, 3.8) is 0 Å². The second-order valence-corrected chi connectivity index (χ2v) is 5.49. The maximum absolute atomic E-state index is 9.34. The van der Waals surface area contributed by atoms with E-state index in [-0.39, 0.29) is 18.2 Å². The molecule has 4 heteroatoms. The molecule has 1 saturated carbocycles. The highest BCUT2D eigenvalue weighted by Crippen LogP contribution is 2.30. The number of nitrogens with zero attached hydrogens (tertiary/aromatic N) is 2. The molecule has 0 radical (unpaired) electrons. The van der Waals surface area contributed by atoms with Crippen LogP contribution in [0.1, 0.15) is 31.5 Å². The van der Waals surface area contributed by atoms with Gasteiger partial charge >= 0.3 is 0 Å². The van der Waals surface area contributed by atoms with E-state index in [0.29, 0.717) is 5.92 Å². The van der Waals surface area contributed by atoms with Crippen molar-refractivity contribution in [3.05, 3.63) is 30.1 Å². The number of aliphatic hydroxyl groups excluding tert-OH is 1. The summed E-state index contributed by atoms with van der Waals surface area (Å²) < 4.78 is 0. The van der Waals surface area contributed by atoms with Gasteiger partial charge in [-0.1, -0.05) is 6.07 Å². The van der Waals surface area contributed by atoms with Gasteiger partial charge in [-0.05, 0) is 44.9 Å². The molecule has 2 rings (SSSR count). The van der Waals surface area contributed by atoms with Crippen LogP contribution < -0.4 is 5.73 Å². The van der Waals surface area contributed by atoms with E-state index in [9.17, 15) is 5.11 Å². The van der Waals surface area contributed by atoms with Gasteiger partial charge in [-0.3, -0.25) is 9.88 Å². The molecule has 18 heavy (non-hydrogen) atoms. The monoisotopic (exact) mass is 249 g/mol. The van der Waals surface area contributed by atoms with Crippen LogP contribution in [0.15, 0.2) is 24.4 Å². The first-order chi connectivity index (χ1) is 8.58. The van der Waals surface area contributed by atoms with Crippen molar-refractivity contribution >= 4 is 0 Å². The van der Waals surface area contributed by atoms with Gasteiger partial charge in [-0.15, -0.1) is 0 Å². The van der Waals surface area contributed by atoms with E-state index >= 15 is 0 Å². The Labute approximate surface area is 109 Å². The number of pyridine rings is 1. The molecule has 1 aromatic heterocycles. The Kier molecular flexibility index (Phi) is 4.32. The minimum absolute atomic E-state index is 0.0369. The second-order valence-electron chi connectivity index (χ2n) is 5.49. The topological polar surface area (TPSA) is 62.4 Å². The van der Waals surface area contributed by atoms with E-state index in [0.717, 1.165) is 25.1 Å². The van der Waals surface area contributed by atoms with Crippen molar-refractivity contribution in [1.29, 1.82) is 0 Å². The second kappa shape index (κ2) is 5.78. The zero-order valence-electron chi connectivity index (χ0n) is 11.2. The summed E-state index contributed by atoms with van der Waals surface area (Å²) in [5, 5.41) is 9.34. The van der Waals surface area contributed by atoms with Crippen LogP contribution in [0.25, 0.3) is 0 Å². The summed E-state index contributed by atoms with van der Waals surface area (Å²) in [6.07, 6.45) is 3.55. The number of rotatable bonds is 5. The highest BCUT2D eigenvalue weighted by atomic mass is 16.3. The van der Waals surface area contributed by atoms with Gasteiger partial charge < -0.3 is 10.8 Å². The Hall–Kier alpha value is -0.970. The predicted octanol–water partition coefficient (Wildman–Crippen LogP) is 1.17. The van der Waals surface area contributed by atoms with Crippen LogP contribution >= 0.6 is 0 Å². The minimum atomic E-state index is -0.0907. The average molecular weight is 249 g/mol. The van der Waals surface area contributed by atoms with Gasteiger partial charge in [0.25, 0.3) is 0 Å². The van der Waals surface area contributed by atoms with Crippen molar-refractivity contribution < 1.29 is 5.11 Å². The van der Waals surface area contributed by atoms with E-state index in [1.807, 2.05) is 31.3 Å². The fraction of sp³-hybridized carbons (Fsp3) is 0.643. The molecule has 3 N–H and O–H groups in total. The van der Waals surface area contributed by atoms with Gasteiger partial charge in [-0.2, -0.15) is 0 Å². The van der Waals surface area contributed by atoms with Gasteiger partial charge in [0.15, 0.2) is 0 Å². The normalized spacial score (nSPS) is 26.7. The molecular formula is C14H23N3O. The largest absolute Gasteiger partial charge is 0.393 e. The van der Waals surface area contributed by atoms with Crippen molar-refractivity contribution in [2.45, 2.75) is 38.0 Å². The Morgan fingerprint density at radius 2 is 2.22 bits per heavy atom. The van der Waals surface area contributed by atoms with E-state index < -0.39 is 0 Å². The van der Waals surface area contributed by atoms with E-state index in [1.165, 1.54) is 0 Å². The quantitative estimate of drug-likeness (QED) is 0.822. The van der Waals surface area contributed by atoms with Crippen LogP contribution in [0.5, 0.6) is 0 Å². The van der Waals surface area contributed by atoms with Gasteiger partial charge in [0.1, 0.15) is 0 Å². The maximum Gasteiger partial charge on any atom is 0.0668 e. The van der Waals surface area contributed by atoms with Gasteiger partial charge in [0, 0.05) is 18.8 Å². The van der Waals surface area contributed by atoms with Gasteiger partial charge in [0.2, 0.25) is 0 Å². The molecule has 0 bridgehead atoms. The molecule has 1 heterocycles. The first-order valence-corrected chi connectivity index (χ1v) is 6.62. The van der Waals surface area contributed by atoms with Crippen molar-refractivity contribution in [1.82, 2.24) is 9.88 Å². The molecule has 100 valence electrons. The number of aliphatic hydroxyl groups is 1. The smallest absolute Gasteiger partial charge is 0.0668 e. The van der Waals surface area contributed by atoms with Crippen LogP contribution in [0.4, 0.5) is 0 Å². The molecule has 2 atom stereocenters. The molecule has 1 aliphatic carbocycles. The lowest BCUT2D eigenvalue weighted by molar-refractivity contribution is 0.0199. The van der Waals surface area contributed by atoms with Gasteiger partial charge in [-0.25, -0.2) is 0 Å². The Bertz CT molecular complexity index is 363. The van der Waals surface area contributed by atoms with Crippen LogP contribution in [0, 0.1) is 5.92 Å². The van der Waals surface area contributed by atoms with Crippen molar-refractivity contribution in [2.24, 2.45) is 11.7 Å². The van der Waals surface area contributed by atoms with Crippen LogP contribution in [-0.2, 0) is 0 Å². The third-order valence-electron chi connectivity index (χ3n) is 3.72. The van der Waals surface area contributed by atoms with E-state index in [2.05, 4.69) is 16.9 Å². The molecule has 1 fully saturated rings. The summed E-state index contributed by atoms with van der Waals surface area (Å²) >= 11 is 0. The molecule has 0 aromatic carbocycles. The van der Waals surface area contributed by atoms with Crippen molar-refractivity contribution in [2.75, 3.05) is 13.6 Å². The first-order valence-electron chi connectivity index (χ1n) is 6.62. The van der Waals surface area contributed by atoms with Crippen LogP contribution in [0.3, 0.4) is 0 Å². The van der Waals surface area contributed by atoms with Crippen LogP contribution in [0.2, 0.25) is 0 Å². The Morgan fingerprint density at radius 1 is 1.50 bits per heavy atom. The number of nitrogens with two attached hydrogens (primary N) is 1.